The molecule has 0 aliphatic rings. The fourth-order valence-electron chi connectivity index (χ4n) is 3.21. The van der Waals surface area contributed by atoms with Crippen LogP contribution < -0.4 is 23.7 Å². The fraction of sp³-hybridized carbons (Fsp3) is 0.167. The fourth-order valence-corrected chi connectivity index (χ4v) is 4.33. The summed E-state index contributed by atoms with van der Waals surface area (Å²) >= 11 is 0. The van der Waals surface area contributed by atoms with Crippen molar-refractivity contribution in [2.24, 2.45) is 0 Å². The van der Waals surface area contributed by atoms with Gasteiger partial charge in [-0.15, -0.1) is 0 Å². The third kappa shape index (κ3) is 5.15. The average molecular weight is 472 g/mol. The molecule has 9 heteroatoms. The van der Waals surface area contributed by atoms with Crippen LogP contribution in [0, 0.1) is 0 Å². The Kier molecular flexibility index (Phi) is 7.34. The lowest BCUT2D eigenvalue weighted by molar-refractivity contribution is 0.324. The van der Waals surface area contributed by atoms with Gasteiger partial charge >= 0.3 is 0 Å². The van der Waals surface area contributed by atoms with Crippen LogP contribution in [0.15, 0.2) is 59.5 Å². The molecule has 0 bridgehead atoms. The molecule has 0 radical (unpaired) electrons. The van der Waals surface area contributed by atoms with E-state index < -0.39 is 10.0 Å². The molecule has 0 aliphatic heterocycles. The Morgan fingerprint density at radius 1 is 0.788 bits per heavy atom. The van der Waals surface area contributed by atoms with Gasteiger partial charge in [0, 0.05) is 5.56 Å². The Morgan fingerprint density at radius 2 is 1.39 bits per heavy atom. The Morgan fingerprint density at radius 3 is 1.94 bits per heavy atom. The van der Waals surface area contributed by atoms with Crippen molar-refractivity contribution in [3.8, 4) is 28.7 Å². The van der Waals surface area contributed by atoms with Crippen molar-refractivity contribution in [1.29, 1.82) is 0 Å². The van der Waals surface area contributed by atoms with Crippen LogP contribution in [0.4, 0.5) is 5.69 Å². The molecule has 174 valence electrons. The summed E-state index contributed by atoms with van der Waals surface area (Å²) in [4.78, 5) is 0.0787. The van der Waals surface area contributed by atoms with Crippen molar-refractivity contribution in [3.63, 3.8) is 0 Å². The summed E-state index contributed by atoms with van der Waals surface area (Å²) in [5.74, 6) is 1.21. The van der Waals surface area contributed by atoms with Crippen LogP contribution in [0.25, 0.3) is 12.2 Å². The van der Waals surface area contributed by atoms with E-state index in [0.717, 1.165) is 0 Å². The van der Waals surface area contributed by atoms with Gasteiger partial charge in [0.1, 0.15) is 5.69 Å². The van der Waals surface area contributed by atoms with Crippen LogP contribution in [-0.2, 0) is 10.0 Å². The predicted octanol–water partition coefficient (Wildman–Crippen LogP) is 4.40. The second-order valence-corrected chi connectivity index (χ2v) is 8.48. The second kappa shape index (κ2) is 10.2. The zero-order chi connectivity index (χ0) is 24.0. The van der Waals surface area contributed by atoms with Crippen LogP contribution >= 0.6 is 0 Å². The summed E-state index contributed by atoms with van der Waals surface area (Å²) in [6.45, 7) is 0. The van der Waals surface area contributed by atoms with E-state index in [1.165, 1.54) is 46.6 Å². The number of ether oxygens (including phenoxy) is 4. The molecular formula is C24H25NO7S. The molecule has 33 heavy (non-hydrogen) atoms. The van der Waals surface area contributed by atoms with Gasteiger partial charge in [-0.2, -0.15) is 0 Å². The van der Waals surface area contributed by atoms with Crippen molar-refractivity contribution in [2.75, 3.05) is 33.2 Å². The van der Waals surface area contributed by atoms with Crippen LogP contribution in [-0.4, -0.2) is 42.0 Å². The van der Waals surface area contributed by atoms with Crippen molar-refractivity contribution in [1.82, 2.24) is 0 Å². The maximum atomic E-state index is 12.9. The number of sulfonamides is 1. The third-order valence-corrected chi connectivity index (χ3v) is 6.17. The maximum absolute atomic E-state index is 12.9. The van der Waals surface area contributed by atoms with Gasteiger partial charge in [-0.25, -0.2) is 8.42 Å². The number of phenolic OH excluding ortho intramolecular Hbond substituents is 1. The third-order valence-electron chi connectivity index (χ3n) is 4.81. The number of methoxy groups -OCH3 is 4. The van der Waals surface area contributed by atoms with E-state index in [-0.39, 0.29) is 22.1 Å². The summed E-state index contributed by atoms with van der Waals surface area (Å²) in [6, 6.07) is 14.4. The van der Waals surface area contributed by atoms with Crippen molar-refractivity contribution < 1.29 is 32.5 Å². The van der Waals surface area contributed by atoms with Crippen molar-refractivity contribution >= 4 is 27.9 Å². The highest BCUT2D eigenvalue weighted by Gasteiger charge is 2.20. The highest BCUT2D eigenvalue weighted by Crippen LogP contribution is 2.41. The Labute approximate surface area is 193 Å². The molecule has 2 N–H and O–H groups in total. The molecular weight excluding hydrogens is 446 g/mol. The number of anilines is 1. The lowest BCUT2D eigenvalue weighted by atomic mass is 10.1. The minimum atomic E-state index is -3.93. The van der Waals surface area contributed by atoms with Gasteiger partial charge in [-0.05, 0) is 42.0 Å². The number of nitrogens with one attached hydrogen (secondary N) is 1. The first-order chi connectivity index (χ1) is 15.8. The van der Waals surface area contributed by atoms with E-state index >= 15 is 0 Å². The number of phenols is 1. The zero-order valence-electron chi connectivity index (χ0n) is 18.7. The highest BCUT2D eigenvalue weighted by molar-refractivity contribution is 7.92. The lowest BCUT2D eigenvalue weighted by Crippen LogP contribution is -2.14. The van der Waals surface area contributed by atoms with Crippen molar-refractivity contribution in [3.05, 3.63) is 65.7 Å². The molecule has 0 heterocycles. The van der Waals surface area contributed by atoms with E-state index in [0.29, 0.717) is 28.4 Å². The van der Waals surface area contributed by atoms with Crippen LogP contribution in [0.5, 0.6) is 28.7 Å². The Hall–Kier alpha value is -3.85. The summed E-state index contributed by atoms with van der Waals surface area (Å²) in [5.41, 5.74) is 1.29. The second-order valence-electron chi connectivity index (χ2n) is 6.79. The largest absolute Gasteiger partial charge is 0.504 e. The number of benzene rings is 3. The lowest BCUT2D eigenvalue weighted by Gasteiger charge is -2.16. The topological polar surface area (TPSA) is 103 Å². The van der Waals surface area contributed by atoms with Gasteiger partial charge in [0.2, 0.25) is 5.75 Å². The summed E-state index contributed by atoms with van der Waals surface area (Å²) in [5, 5.41) is 10.2. The maximum Gasteiger partial charge on any atom is 0.262 e. The summed E-state index contributed by atoms with van der Waals surface area (Å²) in [7, 11) is 1.98. The van der Waals surface area contributed by atoms with Crippen LogP contribution in [0.3, 0.4) is 0 Å². The first-order valence-electron chi connectivity index (χ1n) is 9.80. The molecule has 0 fully saturated rings. The summed E-state index contributed by atoms with van der Waals surface area (Å²) < 4.78 is 49.8. The van der Waals surface area contributed by atoms with Gasteiger partial charge in [-0.3, -0.25) is 4.72 Å². The molecule has 0 spiro atoms. The molecule has 0 atom stereocenters. The highest BCUT2D eigenvalue weighted by atomic mass is 32.2. The first kappa shape index (κ1) is 23.8. The average Bonchev–Trinajstić information content (AvgIpc) is 2.83. The minimum Gasteiger partial charge on any atom is -0.504 e. The number of aromatic hydroxyl groups is 1. The quantitative estimate of drug-likeness (QED) is 0.446. The SMILES string of the molecule is COc1cc(/C=C\c2ccc(O)c(OC)c2NS(=O)(=O)c2ccccc2)cc(OC)c1OC. The number of hydrogen-bond donors (Lipinski definition) is 2. The van der Waals surface area contributed by atoms with E-state index in [1.807, 2.05) is 0 Å². The van der Waals surface area contributed by atoms with Gasteiger partial charge < -0.3 is 24.1 Å². The molecule has 0 saturated heterocycles. The van der Waals surface area contributed by atoms with Gasteiger partial charge in [0.25, 0.3) is 10.0 Å². The summed E-state index contributed by atoms with van der Waals surface area (Å²) in [6.07, 6.45) is 3.43. The smallest absolute Gasteiger partial charge is 0.262 e. The minimum absolute atomic E-state index is 0.00143. The van der Waals surface area contributed by atoms with E-state index in [1.54, 1.807) is 48.6 Å². The number of hydrogen-bond acceptors (Lipinski definition) is 7. The molecule has 3 aromatic carbocycles. The van der Waals surface area contributed by atoms with E-state index in [4.69, 9.17) is 18.9 Å². The van der Waals surface area contributed by atoms with Gasteiger partial charge in [0.15, 0.2) is 23.0 Å². The standard InChI is InChI=1S/C24H25NO7S/c1-29-20-14-16(15-21(30-2)24(20)32-4)10-11-17-12-13-19(26)23(31-3)22(17)25-33(27,28)18-8-6-5-7-9-18/h5-15,25-26H,1-4H3/b11-10-. The Bertz CT molecular complexity index is 1230. The molecule has 0 aliphatic carbocycles. The molecule has 3 rings (SSSR count). The molecule has 0 saturated carbocycles. The van der Waals surface area contributed by atoms with Crippen LogP contribution in [0.1, 0.15) is 11.1 Å². The van der Waals surface area contributed by atoms with Crippen molar-refractivity contribution in [2.45, 2.75) is 4.90 Å². The predicted molar refractivity (Wildman–Crippen MR) is 127 cm³/mol. The first-order valence-corrected chi connectivity index (χ1v) is 11.3. The van der Waals surface area contributed by atoms with Gasteiger partial charge in [0.05, 0.1) is 33.3 Å². The molecule has 3 aromatic rings. The zero-order valence-corrected chi connectivity index (χ0v) is 19.5. The molecule has 0 amide bonds. The molecule has 8 nitrogen and oxygen atoms in total. The number of rotatable bonds is 9. The molecule has 0 aromatic heterocycles. The molecule has 0 unspecified atom stereocenters. The van der Waals surface area contributed by atoms with Gasteiger partial charge in [-0.1, -0.05) is 30.4 Å². The normalized spacial score (nSPS) is 11.3. The Balaban J connectivity index is 2.07. The monoisotopic (exact) mass is 471 g/mol. The van der Waals surface area contributed by atoms with E-state index in [9.17, 15) is 13.5 Å². The van der Waals surface area contributed by atoms with E-state index in [2.05, 4.69) is 4.72 Å². The van der Waals surface area contributed by atoms with Crippen LogP contribution in [0.2, 0.25) is 0 Å².